The molecule has 1 heterocycles. The monoisotopic (exact) mass is 493 g/mol. The van der Waals surface area contributed by atoms with Crippen molar-refractivity contribution in [1.29, 1.82) is 0 Å². The first-order valence-corrected chi connectivity index (χ1v) is 17.6. The van der Waals surface area contributed by atoms with Gasteiger partial charge in [-0.15, -0.1) is 0 Å². The third-order valence-electron chi connectivity index (χ3n) is 7.33. The number of nitrogens with zero attached hydrogens (tertiary/aromatic N) is 3. The summed E-state index contributed by atoms with van der Waals surface area (Å²) in [4.78, 5) is 3.14. The summed E-state index contributed by atoms with van der Waals surface area (Å²) in [6, 6.07) is 9.47. The Morgan fingerprint density at radius 2 is 1.48 bits per heavy atom. The van der Waals surface area contributed by atoms with Crippen LogP contribution in [0.5, 0.6) is 0 Å². The van der Waals surface area contributed by atoms with E-state index in [1.54, 1.807) is 0 Å². The van der Waals surface area contributed by atoms with Crippen molar-refractivity contribution >= 4 is 16.6 Å². The maximum atomic E-state index is 9.36. The molecule has 1 aliphatic rings. The van der Waals surface area contributed by atoms with Gasteiger partial charge in [-0.25, -0.2) is 0 Å². The van der Waals surface area contributed by atoms with Crippen LogP contribution in [0.3, 0.4) is 0 Å². The zero-order chi connectivity index (χ0) is 25.1. The highest BCUT2D eigenvalue weighted by atomic mass is 28.4. The van der Waals surface area contributed by atoms with Crippen molar-refractivity contribution in [2.45, 2.75) is 109 Å². The molecular formula is C24H43N3O4Si2. The molecule has 1 aliphatic heterocycles. The van der Waals surface area contributed by atoms with E-state index in [1.165, 1.54) is 0 Å². The summed E-state index contributed by atoms with van der Waals surface area (Å²) in [6.07, 6.45) is -1.50. The predicted octanol–water partition coefficient (Wildman–Crippen LogP) is 7.02. The molecule has 1 unspecified atom stereocenters. The van der Waals surface area contributed by atoms with Crippen LogP contribution in [-0.4, -0.2) is 47.8 Å². The zero-order valence-electron chi connectivity index (χ0n) is 22.1. The van der Waals surface area contributed by atoms with Crippen molar-refractivity contribution in [3.8, 4) is 0 Å². The standard InChI is InChI=1S/C24H43N3O4Si2/c1-23(2,3)32(7,8)30-21-20(26-27-25)19(17-28-16-18-14-12-11-13-15-18)29-22(21)31-33(9,10)24(4,5)6/h11-15,19-22H,16-17H2,1-10H3/t19-,20?,21+,22+/m1/s1. The SMILES string of the molecule is CC(C)(C)[Si](C)(C)O[C@@H]1O[C@H](COCc2ccccc2)C(N=[N+]=[N-])[C@@H]1O[Si](C)(C)C(C)(C)C. The lowest BCUT2D eigenvalue weighted by molar-refractivity contribution is -0.126. The van der Waals surface area contributed by atoms with Crippen molar-refractivity contribution < 1.29 is 18.3 Å². The molecule has 0 saturated carbocycles. The average Bonchev–Trinajstić information content (AvgIpc) is 2.97. The van der Waals surface area contributed by atoms with Gasteiger partial charge in [0.1, 0.15) is 6.10 Å². The van der Waals surface area contributed by atoms with Gasteiger partial charge in [0.05, 0.1) is 25.4 Å². The minimum atomic E-state index is -2.19. The Balaban J connectivity index is 2.29. The van der Waals surface area contributed by atoms with E-state index >= 15 is 0 Å². The van der Waals surface area contributed by atoms with E-state index in [0.717, 1.165) is 5.56 Å². The Bertz CT molecular complexity index is 815. The van der Waals surface area contributed by atoms with Gasteiger partial charge in [0.25, 0.3) is 0 Å². The van der Waals surface area contributed by atoms with Crippen LogP contribution >= 0.6 is 0 Å². The first kappa shape index (κ1) is 28.0. The Labute approximate surface area is 202 Å². The topological polar surface area (TPSA) is 85.7 Å². The number of hydrogen-bond acceptors (Lipinski definition) is 5. The predicted molar refractivity (Wildman–Crippen MR) is 138 cm³/mol. The van der Waals surface area contributed by atoms with E-state index < -0.39 is 41.2 Å². The Morgan fingerprint density at radius 1 is 0.939 bits per heavy atom. The first-order chi connectivity index (χ1) is 15.1. The van der Waals surface area contributed by atoms with Crippen LogP contribution in [0.25, 0.3) is 10.4 Å². The van der Waals surface area contributed by atoms with E-state index in [-0.39, 0.29) is 10.1 Å². The second kappa shape index (κ2) is 10.6. The van der Waals surface area contributed by atoms with Crippen LogP contribution in [0.2, 0.25) is 36.3 Å². The molecule has 33 heavy (non-hydrogen) atoms. The number of ether oxygens (including phenoxy) is 2. The molecule has 0 amide bonds. The molecule has 0 bridgehead atoms. The van der Waals surface area contributed by atoms with Crippen molar-refractivity contribution in [3.05, 3.63) is 46.3 Å². The van der Waals surface area contributed by atoms with Crippen molar-refractivity contribution in [3.63, 3.8) is 0 Å². The van der Waals surface area contributed by atoms with Crippen molar-refractivity contribution in [2.75, 3.05) is 6.61 Å². The summed E-state index contributed by atoms with van der Waals surface area (Å²) >= 11 is 0. The number of azide groups is 1. The van der Waals surface area contributed by atoms with Gasteiger partial charge in [-0.3, -0.25) is 0 Å². The molecule has 1 fully saturated rings. The highest BCUT2D eigenvalue weighted by Gasteiger charge is 2.53. The molecule has 1 saturated heterocycles. The lowest BCUT2D eigenvalue weighted by Crippen LogP contribution is -2.52. The van der Waals surface area contributed by atoms with Gasteiger partial charge in [0.15, 0.2) is 22.9 Å². The Hall–Kier alpha value is -1.20. The minimum Gasteiger partial charge on any atom is -0.408 e. The smallest absolute Gasteiger partial charge is 0.195 e. The maximum absolute atomic E-state index is 9.36. The largest absolute Gasteiger partial charge is 0.408 e. The zero-order valence-corrected chi connectivity index (χ0v) is 24.1. The van der Waals surface area contributed by atoms with Gasteiger partial charge >= 0.3 is 0 Å². The van der Waals surface area contributed by atoms with E-state index in [2.05, 4.69) is 77.8 Å². The molecular weight excluding hydrogens is 450 g/mol. The van der Waals surface area contributed by atoms with E-state index in [1.807, 2.05) is 30.3 Å². The Kier molecular flexibility index (Phi) is 9.01. The van der Waals surface area contributed by atoms with Crippen LogP contribution in [0.4, 0.5) is 0 Å². The highest BCUT2D eigenvalue weighted by molar-refractivity contribution is 6.74. The average molecular weight is 494 g/mol. The van der Waals surface area contributed by atoms with Gasteiger partial charge in [0.2, 0.25) is 0 Å². The summed E-state index contributed by atoms with van der Waals surface area (Å²) in [7, 11) is -4.35. The van der Waals surface area contributed by atoms with E-state index in [9.17, 15) is 5.53 Å². The fraction of sp³-hybridized carbons (Fsp3) is 0.750. The lowest BCUT2D eigenvalue weighted by atomic mass is 10.1. The van der Waals surface area contributed by atoms with Gasteiger partial charge in [0, 0.05) is 4.91 Å². The summed E-state index contributed by atoms with van der Waals surface area (Å²) in [5, 5.41) is 4.13. The third kappa shape index (κ3) is 7.15. The molecule has 1 aromatic carbocycles. The van der Waals surface area contributed by atoms with E-state index in [4.69, 9.17) is 18.3 Å². The molecule has 0 spiro atoms. The minimum absolute atomic E-state index is 0.00265. The second-order valence-corrected chi connectivity index (χ2v) is 21.5. The molecule has 0 radical (unpaired) electrons. The van der Waals surface area contributed by atoms with Crippen LogP contribution in [0.1, 0.15) is 47.1 Å². The van der Waals surface area contributed by atoms with Crippen molar-refractivity contribution in [1.82, 2.24) is 0 Å². The number of rotatable bonds is 9. The van der Waals surface area contributed by atoms with Crippen molar-refractivity contribution in [2.24, 2.45) is 5.11 Å². The fourth-order valence-electron chi connectivity index (χ4n) is 3.11. The van der Waals surface area contributed by atoms with Gasteiger partial charge in [-0.1, -0.05) is 77.0 Å². The van der Waals surface area contributed by atoms with E-state index in [0.29, 0.717) is 13.2 Å². The molecule has 0 N–H and O–H groups in total. The van der Waals surface area contributed by atoms with Gasteiger partial charge in [-0.2, -0.15) is 0 Å². The molecule has 4 atom stereocenters. The summed E-state index contributed by atoms with van der Waals surface area (Å²) in [5.41, 5.74) is 10.4. The molecule has 1 aromatic rings. The number of hydrogen-bond donors (Lipinski definition) is 0. The Morgan fingerprint density at radius 3 is 2.00 bits per heavy atom. The van der Waals surface area contributed by atoms with Gasteiger partial charge in [-0.05, 0) is 47.4 Å². The first-order valence-electron chi connectivity index (χ1n) is 11.8. The summed E-state index contributed by atoms with van der Waals surface area (Å²) < 4.78 is 25.8. The van der Waals surface area contributed by atoms with Crippen LogP contribution in [0, 0.1) is 0 Å². The third-order valence-corrected chi connectivity index (χ3v) is 16.2. The highest BCUT2D eigenvalue weighted by Crippen LogP contribution is 2.43. The second-order valence-electron chi connectivity index (χ2n) is 12.0. The number of benzene rings is 1. The summed E-state index contributed by atoms with van der Waals surface area (Å²) in [6.45, 7) is 22.7. The fourth-order valence-corrected chi connectivity index (χ4v) is 5.52. The molecule has 186 valence electrons. The van der Waals surface area contributed by atoms with Crippen LogP contribution in [-0.2, 0) is 24.9 Å². The molecule has 0 aromatic heterocycles. The van der Waals surface area contributed by atoms with Crippen LogP contribution < -0.4 is 0 Å². The molecule has 0 aliphatic carbocycles. The maximum Gasteiger partial charge on any atom is 0.195 e. The normalized spacial score (nSPS) is 24.5. The lowest BCUT2D eigenvalue weighted by Gasteiger charge is -2.43. The summed E-state index contributed by atoms with van der Waals surface area (Å²) in [5.74, 6) is 0. The molecule has 7 nitrogen and oxygen atoms in total. The molecule has 2 rings (SSSR count). The quantitative estimate of drug-likeness (QED) is 0.160. The van der Waals surface area contributed by atoms with Gasteiger partial charge < -0.3 is 18.3 Å². The molecule has 9 heteroatoms. The van der Waals surface area contributed by atoms with Crippen LogP contribution in [0.15, 0.2) is 35.4 Å².